The van der Waals surface area contributed by atoms with E-state index in [1.54, 1.807) is 24.3 Å². The molecule has 0 aliphatic heterocycles. The van der Waals surface area contributed by atoms with Crippen molar-refractivity contribution in [1.29, 1.82) is 0 Å². The topological polar surface area (TPSA) is 151 Å². The lowest BCUT2D eigenvalue weighted by atomic mass is 10.2. The first-order valence-corrected chi connectivity index (χ1v) is 11.6. The van der Waals surface area contributed by atoms with Gasteiger partial charge in [0.25, 0.3) is 0 Å². The first kappa shape index (κ1) is 26.1. The fraction of sp³-hybridized carbons (Fsp3) is 0.364. The number of ether oxygens (including phenoxy) is 2. The molecule has 10 nitrogen and oxygen atoms in total. The van der Waals surface area contributed by atoms with E-state index in [-0.39, 0.29) is 11.1 Å². The monoisotopic (exact) mass is 480 g/mol. The van der Waals surface area contributed by atoms with Gasteiger partial charge in [-0.2, -0.15) is 0 Å². The van der Waals surface area contributed by atoms with Gasteiger partial charge in [0.05, 0.1) is 14.2 Å². The van der Waals surface area contributed by atoms with Crippen LogP contribution in [0.15, 0.2) is 48.5 Å². The van der Waals surface area contributed by atoms with Crippen LogP contribution in [0.4, 0.5) is 0 Å². The van der Waals surface area contributed by atoms with Gasteiger partial charge >= 0.3 is 11.9 Å². The molecule has 4 atom stereocenters. The molecule has 180 valence electrons. The van der Waals surface area contributed by atoms with Crippen molar-refractivity contribution >= 4 is 21.8 Å². The summed E-state index contributed by atoms with van der Waals surface area (Å²) in [6.07, 6.45) is 0. The molecule has 0 spiro atoms. The number of nitrogens with one attached hydrogen (secondary N) is 2. The minimum absolute atomic E-state index is 0.271. The normalized spacial score (nSPS) is 15.2. The Morgan fingerprint density at radius 1 is 0.727 bits per heavy atom. The number of benzene rings is 2. The van der Waals surface area contributed by atoms with Gasteiger partial charge in [0.2, 0.25) is 0 Å². The number of carboxylic acid groups (broad SMARTS) is 2. The predicted octanol–water partition coefficient (Wildman–Crippen LogP) is 1.94. The molecule has 0 heterocycles. The Hall–Kier alpha value is -3.15. The van der Waals surface area contributed by atoms with Gasteiger partial charge in [-0.1, -0.05) is 24.3 Å². The second kappa shape index (κ2) is 11.1. The average Bonchev–Trinajstić information content (AvgIpc) is 2.80. The molecule has 11 heteroatoms. The molecular formula is C22H28N2O8S. The summed E-state index contributed by atoms with van der Waals surface area (Å²) in [4.78, 5) is 23.0. The third kappa shape index (κ3) is 6.44. The maximum absolute atomic E-state index is 13.9. The Kier molecular flexibility index (Phi) is 8.80. The van der Waals surface area contributed by atoms with Crippen molar-refractivity contribution in [2.24, 2.45) is 0 Å². The van der Waals surface area contributed by atoms with Crippen molar-refractivity contribution in [2.45, 2.75) is 36.7 Å². The van der Waals surface area contributed by atoms with Gasteiger partial charge < -0.3 is 19.7 Å². The minimum Gasteiger partial charge on any atom is -0.497 e. The molecule has 2 rings (SSSR count). The van der Waals surface area contributed by atoms with Gasteiger partial charge in [0.1, 0.15) is 34.3 Å². The maximum atomic E-state index is 13.9. The molecule has 0 radical (unpaired) electrons. The first-order valence-electron chi connectivity index (χ1n) is 9.99. The van der Waals surface area contributed by atoms with E-state index in [0.29, 0.717) is 11.5 Å². The Morgan fingerprint density at radius 3 is 1.27 bits per heavy atom. The van der Waals surface area contributed by atoms with Crippen LogP contribution in [0.25, 0.3) is 0 Å². The second-order valence-corrected chi connectivity index (χ2v) is 9.47. The number of sulfone groups is 1. The maximum Gasteiger partial charge on any atom is 0.320 e. The van der Waals surface area contributed by atoms with E-state index in [4.69, 9.17) is 9.47 Å². The molecule has 33 heavy (non-hydrogen) atoms. The molecule has 4 N–H and O–H groups in total. The summed E-state index contributed by atoms with van der Waals surface area (Å²) < 4.78 is 38.0. The molecule has 0 aromatic heterocycles. The highest BCUT2D eigenvalue weighted by Gasteiger charge is 2.39. The zero-order valence-corrected chi connectivity index (χ0v) is 19.5. The zero-order chi connectivity index (χ0) is 24.8. The van der Waals surface area contributed by atoms with Crippen LogP contribution >= 0.6 is 0 Å². The van der Waals surface area contributed by atoms with Crippen LogP contribution in [0.3, 0.4) is 0 Å². The van der Waals surface area contributed by atoms with Crippen LogP contribution in [-0.4, -0.2) is 56.9 Å². The summed E-state index contributed by atoms with van der Waals surface area (Å²) in [6.45, 7) is 2.65. The molecule has 0 amide bonds. The molecule has 4 unspecified atom stereocenters. The quantitative estimate of drug-likeness (QED) is 0.355. The van der Waals surface area contributed by atoms with Crippen molar-refractivity contribution in [2.75, 3.05) is 14.2 Å². The Morgan fingerprint density at radius 2 is 1.03 bits per heavy atom. The van der Waals surface area contributed by atoms with E-state index in [1.807, 2.05) is 0 Å². The molecule has 2 aromatic rings. The number of methoxy groups -OCH3 is 2. The number of aliphatic carboxylic acids is 2. The highest BCUT2D eigenvalue weighted by Crippen LogP contribution is 2.33. The third-order valence-electron chi connectivity index (χ3n) is 5.04. The van der Waals surface area contributed by atoms with Crippen LogP contribution in [0.2, 0.25) is 0 Å². The molecule has 0 aliphatic carbocycles. The summed E-state index contributed by atoms with van der Waals surface area (Å²) in [5.74, 6) is -1.50. The molecule has 0 fully saturated rings. The summed E-state index contributed by atoms with van der Waals surface area (Å²) in [7, 11) is -1.37. The van der Waals surface area contributed by atoms with Gasteiger partial charge in [-0.3, -0.25) is 20.2 Å². The van der Waals surface area contributed by atoms with Crippen molar-refractivity contribution < 1.29 is 37.7 Å². The predicted molar refractivity (Wildman–Crippen MR) is 121 cm³/mol. The van der Waals surface area contributed by atoms with Crippen LogP contribution < -0.4 is 20.1 Å². The number of carbonyl (C=O) groups is 2. The van der Waals surface area contributed by atoms with Gasteiger partial charge in [-0.15, -0.1) is 0 Å². The largest absolute Gasteiger partial charge is 0.497 e. The number of hydrogen-bond acceptors (Lipinski definition) is 8. The molecule has 0 saturated heterocycles. The lowest BCUT2D eigenvalue weighted by Gasteiger charge is -2.29. The fourth-order valence-corrected chi connectivity index (χ4v) is 5.18. The number of carboxylic acids is 2. The molecule has 0 saturated carbocycles. The van der Waals surface area contributed by atoms with E-state index < -0.39 is 44.6 Å². The lowest BCUT2D eigenvalue weighted by molar-refractivity contribution is -0.139. The van der Waals surface area contributed by atoms with E-state index >= 15 is 0 Å². The summed E-state index contributed by atoms with van der Waals surface area (Å²) in [5, 5.41) is 21.1. The standard InChI is InChI=1S/C22H28N2O8S/c1-13(21(25)26)23-19(15-5-9-17(31-3)10-6-15)33(29,30)20(24-14(2)22(27)28)16-7-11-18(32-4)12-8-16/h5-14,19-20,23-24H,1-4H3,(H,25,26)(H,27,28). The smallest absolute Gasteiger partial charge is 0.320 e. The van der Waals surface area contributed by atoms with E-state index in [1.165, 1.54) is 52.3 Å². The van der Waals surface area contributed by atoms with Gasteiger partial charge in [-0.25, -0.2) is 8.42 Å². The first-order chi connectivity index (χ1) is 15.5. The highest BCUT2D eigenvalue weighted by molar-refractivity contribution is 7.91. The highest BCUT2D eigenvalue weighted by atomic mass is 32.2. The Bertz CT molecular complexity index is 975. The van der Waals surface area contributed by atoms with E-state index in [9.17, 15) is 28.2 Å². The van der Waals surface area contributed by atoms with Crippen LogP contribution in [0, 0.1) is 0 Å². The van der Waals surface area contributed by atoms with Crippen molar-refractivity contribution in [3.05, 3.63) is 59.7 Å². The fourth-order valence-electron chi connectivity index (χ4n) is 3.05. The molecule has 0 bridgehead atoms. The Labute approximate surface area is 192 Å². The summed E-state index contributed by atoms with van der Waals surface area (Å²) in [5.41, 5.74) is 0.541. The van der Waals surface area contributed by atoms with Crippen LogP contribution in [0.5, 0.6) is 11.5 Å². The van der Waals surface area contributed by atoms with Crippen molar-refractivity contribution in [1.82, 2.24) is 10.6 Å². The SMILES string of the molecule is COc1ccc(C(NC(C)C(=O)O)S(=O)(=O)C(NC(C)C(=O)O)c2ccc(OC)cc2)cc1. The number of rotatable bonds is 12. The van der Waals surface area contributed by atoms with E-state index in [2.05, 4.69) is 10.6 Å². The molecule has 2 aromatic carbocycles. The van der Waals surface area contributed by atoms with Crippen molar-refractivity contribution in [3.63, 3.8) is 0 Å². The van der Waals surface area contributed by atoms with Crippen LogP contribution in [-0.2, 0) is 19.4 Å². The van der Waals surface area contributed by atoms with Gasteiger partial charge in [0.15, 0.2) is 9.84 Å². The second-order valence-electron chi connectivity index (χ2n) is 7.35. The van der Waals surface area contributed by atoms with Gasteiger partial charge in [-0.05, 0) is 49.2 Å². The molecule has 0 aliphatic rings. The molecular weight excluding hydrogens is 452 g/mol. The Balaban J connectivity index is 2.61. The lowest BCUT2D eigenvalue weighted by Crippen LogP contribution is -2.46. The summed E-state index contributed by atoms with van der Waals surface area (Å²) in [6, 6.07) is 9.84. The third-order valence-corrected chi connectivity index (χ3v) is 7.17. The average molecular weight is 481 g/mol. The zero-order valence-electron chi connectivity index (χ0n) is 18.7. The van der Waals surface area contributed by atoms with Gasteiger partial charge in [0, 0.05) is 0 Å². The van der Waals surface area contributed by atoms with Crippen LogP contribution in [0.1, 0.15) is 35.7 Å². The van der Waals surface area contributed by atoms with Crippen molar-refractivity contribution in [3.8, 4) is 11.5 Å². The summed E-state index contributed by atoms with van der Waals surface area (Å²) >= 11 is 0. The minimum atomic E-state index is -4.30. The number of hydrogen-bond donors (Lipinski definition) is 4. The van der Waals surface area contributed by atoms with E-state index in [0.717, 1.165) is 0 Å².